The highest BCUT2D eigenvalue weighted by atomic mass is 32.2. The van der Waals surface area contributed by atoms with Crippen LogP contribution in [0.3, 0.4) is 0 Å². The number of sulfonamides is 1. The van der Waals surface area contributed by atoms with Crippen LogP contribution < -0.4 is 15.8 Å². The van der Waals surface area contributed by atoms with Crippen molar-refractivity contribution in [3.8, 4) is 11.3 Å². The molecular formula is C15H15N3O4S2. The fourth-order valence-corrected chi connectivity index (χ4v) is 3.67. The van der Waals surface area contributed by atoms with Gasteiger partial charge >= 0.3 is 0 Å². The van der Waals surface area contributed by atoms with Crippen molar-refractivity contribution in [1.29, 1.82) is 0 Å². The van der Waals surface area contributed by atoms with Gasteiger partial charge in [0.25, 0.3) is 5.91 Å². The Bertz CT molecular complexity index is 901. The lowest BCUT2D eigenvalue weighted by molar-refractivity contribution is -0.116. The van der Waals surface area contributed by atoms with Crippen LogP contribution >= 0.6 is 11.8 Å². The van der Waals surface area contributed by atoms with Gasteiger partial charge in [0.15, 0.2) is 0 Å². The van der Waals surface area contributed by atoms with E-state index in [1.165, 1.54) is 30.9 Å². The molecule has 1 fully saturated rings. The minimum Gasteiger partial charge on any atom is -0.457 e. The molecule has 126 valence electrons. The maximum atomic E-state index is 11.7. The molecular weight excluding hydrogens is 350 g/mol. The summed E-state index contributed by atoms with van der Waals surface area (Å²) in [4.78, 5) is 12.3. The molecule has 0 radical (unpaired) electrons. The average molecular weight is 365 g/mol. The van der Waals surface area contributed by atoms with Gasteiger partial charge in [-0.25, -0.2) is 13.1 Å². The van der Waals surface area contributed by atoms with Crippen LogP contribution in [0.2, 0.25) is 0 Å². The van der Waals surface area contributed by atoms with Crippen LogP contribution in [-0.2, 0) is 14.8 Å². The number of rotatable bonds is 4. The fraction of sp³-hybridized carbons (Fsp3) is 0.133. The number of hydrogen-bond acceptors (Lipinski definition) is 6. The van der Waals surface area contributed by atoms with E-state index in [9.17, 15) is 13.2 Å². The van der Waals surface area contributed by atoms with Gasteiger partial charge < -0.3 is 15.5 Å². The Kier molecular flexibility index (Phi) is 4.50. The number of thioether (sulfide) groups is 1. The van der Waals surface area contributed by atoms with Crippen LogP contribution in [0.25, 0.3) is 17.4 Å². The highest BCUT2D eigenvalue weighted by Gasteiger charge is 2.24. The van der Waals surface area contributed by atoms with E-state index in [1.54, 1.807) is 30.3 Å². The van der Waals surface area contributed by atoms with E-state index in [0.29, 0.717) is 16.4 Å². The zero-order valence-electron chi connectivity index (χ0n) is 12.6. The Morgan fingerprint density at radius 1 is 1.25 bits per heavy atom. The Balaban J connectivity index is 1.84. The first-order valence-corrected chi connectivity index (χ1v) is 9.34. The molecule has 1 aliphatic heterocycles. The lowest BCUT2D eigenvalue weighted by atomic mass is 10.2. The number of nitrogens with two attached hydrogens (primary N) is 1. The zero-order valence-corrected chi connectivity index (χ0v) is 14.3. The van der Waals surface area contributed by atoms with Gasteiger partial charge in [-0.2, -0.15) is 0 Å². The Labute approximate surface area is 143 Å². The van der Waals surface area contributed by atoms with E-state index >= 15 is 0 Å². The van der Waals surface area contributed by atoms with Gasteiger partial charge in [0.05, 0.1) is 9.80 Å². The van der Waals surface area contributed by atoms with Crippen LogP contribution in [0.4, 0.5) is 0 Å². The maximum absolute atomic E-state index is 11.7. The molecule has 24 heavy (non-hydrogen) atoms. The lowest BCUT2D eigenvalue weighted by Crippen LogP contribution is -2.31. The van der Waals surface area contributed by atoms with Crippen LogP contribution in [0.5, 0.6) is 0 Å². The number of carbonyl (C=O) groups excluding carboxylic acids is 1. The van der Waals surface area contributed by atoms with Gasteiger partial charge in [0, 0.05) is 11.6 Å². The molecule has 3 rings (SSSR count). The van der Waals surface area contributed by atoms with Crippen molar-refractivity contribution >= 4 is 33.8 Å². The van der Waals surface area contributed by atoms with Gasteiger partial charge in [-0.3, -0.25) is 4.79 Å². The summed E-state index contributed by atoms with van der Waals surface area (Å²) in [5, 5.41) is 2.58. The van der Waals surface area contributed by atoms with Crippen molar-refractivity contribution in [3.05, 3.63) is 47.1 Å². The fourth-order valence-electron chi connectivity index (χ4n) is 2.15. The van der Waals surface area contributed by atoms with E-state index in [-0.39, 0.29) is 10.8 Å². The van der Waals surface area contributed by atoms with Crippen molar-refractivity contribution < 1.29 is 17.6 Å². The second-order valence-corrected chi connectivity index (χ2v) is 8.02. The summed E-state index contributed by atoms with van der Waals surface area (Å²) in [7, 11) is -2.11. The first kappa shape index (κ1) is 16.8. The molecule has 0 bridgehead atoms. The number of benzene rings is 1. The Hall–Kier alpha value is -2.07. The third kappa shape index (κ3) is 3.39. The van der Waals surface area contributed by atoms with Crippen molar-refractivity contribution in [1.82, 2.24) is 10.0 Å². The lowest BCUT2D eigenvalue weighted by Gasteiger charge is -2.03. The van der Waals surface area contributed by atoms with E-state index in [0.717, 1.165) is 5.56 Å². The van der Waals surface area contributed by atoms with E-state index in [2.05, 4.69) is 10.0 Å². The molecule has 1 amide bonds. The first-order valence-electron chi connectivity index (χ1n) is 6.98. The highest BCUT2D eigenvalue weighted by molar-refractivity contribution is 8.05. The summed E-state index contributed by atoms with van der Waals surface area (Å²) in [5.41, 5.74) is 5.92. The largest absolute Gasteiger partial charge is 0.457 e. The van der Waals surface area contributed by atoms with Crippen LogP contribution in [-0.4, -0.2) is 26.9 Å². The van der Waals surface area contributed by atoms with Crippen LogP contribution in [0.15, 0.2) is 50.6 Å². The zero-order chi connectivity index (χ0) is 17.3. The minimum atomic E-state index is -3.47. The number of furan rings is 1. The smallest absolute Gasteiger partial charge is 0.259 e. The molecule has 0 spiro atoms. The number of carbonyl (C=O) groups is 1. The summed E-state index contributed by atoms with van der Waals surface area (Å²) >= 11 is 1.23. The third-order valence-corrected chi connectivity index (χ3v) is 5.73. The van der Waals surface area contributed by atoms with Gasteiger partial charge in [-0.05, 0) is 43.4 Å². The molecule has 4 N–H and O–H groups in total. The van der Waals surface area contributed by atoms with Gasteiger partial charge in [0.2, 0.25) is 10.0 Å². The molecule has 1 saturated heterocycles. The summed E-state index contributed by atoms with van der Waals surface area (Å²) in [6, 6.07) is 9.81. The van der Waals surface area contributed by atoms with Crippen molar-refractivity contribution in [2.75, 3.05) is 7.05 Å². The predicted octanol–water partition coefficient (Wildman–Crippen LogP) is 1.30. The molecule has 2 heterocycles. The number of nitrogens with one attached hydrogen (secondary N) is 2. The normalized spacial score (nSPS) is 19.7. The molecule has 1 aromatic carbocycles. The number of amides is 1. The minimum absolute atomic E-state index is 0.177. The topological polar surface area (TPSA) is 114 Å². The Morgan fingerprint density at radius 3 is 2.54 bits per heavy atom. The highest BCUT2D eigenvalue weighted by Crippen LogP contribution is 2.29. The summed E-state index contributed by atoms with van der Waals surface area (Å²) in [5.74, 6) is 0.860. The summed E-state index contributed by atoms with van der Waals surface area (Å²) in [6.07, 6.45) is 1.62. The van der Waals surface area contributed by atoms with E-state index < -0.39 is 15.5 Å². The van der Waals surface area contributed by atoms with Crippen molar-refractivity contribution in [2.24, 2.45) is 5.73 Å². The SMILES string of the molecule is CNS(=O)(=O)c1ccc(-c2ccc(/C=C3\SC(N)NC3=O)o2)cc1. The van der Waals surface area contributed by atoms with Crippen molar-refractivity contribution in [3.63, 3.8) is 0 Å². The quantitative estimate of drug-likeness (QED) is 0.704. The van der Waals surface area contributed by atoms with Crippen LogP contribution in [0.1, 0.15) is 5.76 Å². The Morgan fingerprint density at radius 2 is 1.96 bits per heavy atom. The second kappa shape index (κ2) is 6.44. The predicted molar refractivity (Wildman–Crippen MR) is 92.1 cm³/mol. The molecule has 2 aromatic rings. The molecule has 1 unspecified atom stereocenters. The molecule has 1 atom stereocenters. The third-order valence-electron chi connectivity index (χ3n) is 3.37. The van der Waals surface area contributed by atoms with Gasteiger partial charge in [-0.15, -0.1) is 0 Å². The van der Waals surface area contributed by atoms with Crippen molar-refractivity contribution in [2.45, 2.75) is 10.4 Å². The second-order valence-electron chi connectivity index (χ2n) is 4.95. The summed E-state index contributed by atoms with van der Waals surface area (Å²) < 4.78 is 31.4. The standard InChI is InChI=1S/C15H15N3O4S2/c1-17-24(20,21)11-5-2-9(3-6-11)12-7-4-10(22-12)8-13-14(19)18-15(16)23-13/h2-8,15,17H,16H2,1H3,(H,18,19)/b13-8-. The summed E-state index contributed by atoms with van der Waals surface area (Å²) in [6.45, 7) is 0. The molecule has 1 aromatic heterocycles. The van der Waals surface area contributed by atoms with E-state index in [1.807, 2.05) is 0 Å². The van der Waals surface area contributed by atoms with Gasteiger partial charge in [-0.1, -0.05) is 11.8 Å². The molecule has 0 aliphatic carbocycles. The molecule has 9 heteroatoms. The molecule has 1 aliphatic rings. The van der Waals surface area contributed by atoms with Gasteiger partial charge in [0.1, 0.15) is 17.0 Å². The number of hydrogen-bond donors (Lipinski definition) is 3. The first-order chi connectivity index (χ1) is 11.4. The van der Waals surface area contributed by atoms with Crippen LogP contribution in [0, 0.1) is 0 Å². The van der Waals surface area contributed by atoms with E-state index in [4.69, 9.17) is 10.2 Å². The molecule has 0 saturated carbocycles. The monoisotopic (exact) mass is 365 g/mol. The maximum Gasteiger partial charge on any atom is 0.259 e. The average Bonchev–Trinajstić information content (AvgIpc) is 3.14. The molecule has 7 nitrogen and oxygen atoms in total.